The molecule has 10 aromatic rings. The molecular weight excluding hydrogens is 745 g/mol. The second-order valence-corrected chi connectivity index (χ2v) is 16.5. The molecule has 1 aliphatic carbocycles. The SMILES string of the molecule is CCOc1ccc(-n2c3ccccc3c3cc(-c4ccc5c6ccccc6n(-c6cccc(-c7cc(C8C(C)C=CCC8C)nc(-c8ccccc8)n7)c6)c5c4)ccc32)cc1. The van der Waals surface area contributed by atoms with Gasteiger partial charge in [0.1, 0.15) is 5.75 Å². The third kappa shape index (κ3) is 6.40. The molecule has 61 heavy (non-hydrogen) atoms. The van der Waals surface area contributed by atoms with Crippen molar-refractivity contribution < 1.29 is 4.74 Å². The van der Waals surface area contributed by atoms with Crippen molar-refractivity contribution in [1.82, 2.24) is 19.1 Å². The number of nitrogens with zero attached hydrogens (tertiary/aromatic N) is 4. The number of hydrogen-bond acceptors (Lipinski definition) is 3. The number of para-hydroxylation sites is 2. The van der Waals surface area contributed by atoms with E-state index in [2.05, 4.69) is 199 Å². The topological polar surface area (TPSA) is 44.9 Å². The molecule has 7 aromatic carbocycles. The van der Waals surface area contributed by atoms with Crippen molar-refractivity contribution in [3.05, 3.63) is 188 Å². The highest BCUT2D eigenvalue weighted by Crippen LogP contribution is 2.41. The van der Waals surface area contributed by atoms with Crippen molar-refractivity contribution in [2.24, 2.45) is 11.8 Å². The van der Waals surface area contributed by atoms with E-state index in [1.807, 2.05) is 13.0 Å². The average molecular weight is 791 g/mol. The highest BCUT2D eigenvalue weighted by Gasteiger charge is 2.29. The Kier molecular flexibility index (Phi) is 9.11. The van der Waals surface area contributed by atoms with Crippen LogP contribution in [0.5, 0.6) is 5.75 Å². The predicted octanol–water partition coefficient (Wildman–Crippen LogP) is 14.4. The second-order valence-electron chi connectivity index (χ2n) is 16.5. The Morgan fingerprint density at radius 2 is 1.18 bits per heavy atom. The maximum Gasteiger partial charge on any atom is 0.160 e. The molecule has 0 aliphatic heterocycles. The lowest BCUT2D eigenvalue weighted by molar-refractivity contribution is 0.340. The largest absolute Gasteiger partial charge is 0.494 e. The Labute approximate surface area is 356 Å². The molecule has 0 spiro atoms. The quantitative estimate of drug-likeness (QED) is 0.144. The Bertz CT molecular complexity index is 3280. The summed E-state index contributed by atoms with van der Waals surface area (Å²) in [4.78, 5) is 10.5. The maximum atomic E-state index is 5.76. The van der Waals surface area contributed by atoms with Crippen molar-refractivity contribution >= 4 is 43.6 Å². The van der Waals surface area contributed by atoms with E-state index in [9.17, 15) is 0 Å². The van der Waals surface area contributed by atoms with E-state index < -0.39 is 0 Å². The van der Waals surface area contributed by atoms with Gasteiger partial charge in [0.25, 0.3) is 0 Å². The van der Waals surface area contributed by atoms with Crippen LogP contribution in [0.3, 0.4) is 0 Å². The Balaban J connectivity index is 1.05. The Morgan fingerprint density at radius 3 is 1.95 bits per heavy atom. The lowest BCUT2D eigenvalue weighted by Crippen LogP contribution is -2.21. The van der Waals surface area contributed by atoms with Crippen LogP contribution in [-0.4, -0.2) is 25.7 Å². The summed E-state index contributed by atoms with van der Waals surface area (Å²) in [7, 11) is 0. The van der Waals surface area contributed by atoms with Crippen LogP contribution in [0.4, 0.5) is 0 Å². The van der Waals surface area contributed by atoms with E-state index in [4.69, 9.17) is 14.7 Å². The number of aromatic nitrogens is 4. The van der Waals surface area contributed by atoms with Crippen LogP contribution >= 0.6 is 0 Å². The standard InChI is InChI=1S/C56H46N4O/c1-4-61-44-28-26-42(27-29-44)59-52-23-11-9-21-46(52)48-33-39(25-31-53(48)59)40-24-30-47-45-20-8-10-22-51(45)60(54(47)34-40)43-19-13-18-41(32-43)49-35-50(55-36(2)14-12-15-37(55)3)58-56(57-49)38-16-6-5-7-17-38/h5-14,16-37,55H,4,15H2,1-3H3. The molecule has 1 aliphatic rings. The molecule has 11 rings (SSSR count). The Morgan fingerprint density at radius 1 is 0.525 bits per heavy atom. The first-order valence-corrected chi connectivity index (χ1v) is 21.5. The highest BCUT2D eigenvalue weighted by atomic mass is 16.5. The van der Waals surface area contributed by atoms with Crippen molar-refractivity contribution in [2.45, 2.75) is 33.1 Å². The second kappa shape index (κ2) is 15.1. The van der Waals surface area contributed by atoms with Gasteiger partial charge < -0.3 is 13.9 Å². The first kappa shape index (κ1) is 36.8. The minimum absolute atomic E-state index is 0.316. The zero-order chi connectivity index (χ0) is 41.0. The molecule has 3 unspecified atom stereocenters. The highest BCUT2D eigenvalue weighted by molar-refractivity contribution is 6.12. The van der Waals surface area contributed by atoms with E-state index in [1.165, 1.54) is 49.2 Å². The molecular formula is C56H46N4O. The van der Waals surface area contributed by atoms with E-state index in [0.717, 1.165) is 57.4 Å². The first-order chi connectivity index (χ1) is 30.0. The van der Waals surface area contributed by atoms with Gasteiger partial charge >= 0.3 is 0 Å². The normalized spacial score (nSPS) is 16.5. The van der Waals surface area contributed by atoms with E-state index >= 15 is 0 Å². The molecule has 0 N–H and O–H groups in total. The van der Waals surface area contributed by atoms with Crippen molar-refractivity contribution in [1.29, 1.82) is 0 Å². The lowest BCUT2D eigenvalue weighted by atomic mass is 9.75. The van der Waals surface area contributed by atoms with Crippen molar-refractivity contribution in [3.8, 4) is 50.9 Å². The fourth-order valence-electron chi connectivity index (χ4n) is 9.88. The third-order valence-corrected chi connectivity index (χ3v) is 12.7. The summed E-state index contributed by atoms with van der Waals surface area (Å²) in [6.45, 7) is 7.33. The third-order valence-electron chi connectivity index (χ3n) is 12.7. The molecule has 0 amide bonds. The minimum Gasteiger partial charge on any atom is -0.494 e. The smallest absolute Gasteiger partial charge is 0.160 e. The van der Waals surface area contributed by atoms with Crippen LogP contribution in [0.2, 0.25) is 0 Å². The summed E-state index contributed by atoms with van der Waals surface area (Å²) < 4.78 is 10.5. The van der Waals surface area contributed by atoms with Crippen molar-refractivity contribution in [3.63, 3.8) is 0 Å². The van der Waals surface area contributed by atoms with Gasteiger partial charge in [-0.3, -0.25) is 0 Å². The maximum absolute atomic E-state index is 5.76. The number of fused-ring (bicyclic) bond motifs is 6. The number of hydrogen-bond donors (Lipinski definition) is 0. The van der Waals surface area contributed by atoms with Gasteiger partial charge in [-0.1, -0.05) is 123 Å². The lowest BCUT2D eigenvalue weighted by Gasteiger charge is -2.30. The summed E-state index contributed by atoms with van der Waals surface area (Å²) in [6.07, 6.45) is 5.74. The van der Waals surface area contributed by atoms with Crippen LogP contribution in [0.15, 0.2) is 182 Å². The van der Waals surface area contributed by atoms with Crippen molar-refractivity contribution in [2.75, 3.05) is 6.61 Å². The van der Waals surface area contributed by atoms with Crippen LogP contribution in [0.1, 0.15) is 38.8 Å². The number of benzene rings is 7. The molecule has 5 nitrogen and oxygen atoms in total. The van der Waals surface area contributed by atoms with E-state index in [-0.39, 0.29) is 0 Å². The fraction of sp³-hybridized carbons (Fsp3) is 0.143. The minimum atomic E-state index is 0.316. The van der Waals surface area contributed by atoms with Gasteiger partial charge in [0, 0.05) is 55.7 Å². The van der Waals surface area contributed by atoms with E-state index in [1.54, 1.807) is 0 Å². The number of allylic oxidation sites excluding steroid dienone is 2. The zero-order valence-electron chi connectivity index (χ0n) is 34.7. The summed E-state index contributed by atoms with van der Waals surface area (Å²) in [5.41, 5.74) is 13.4. The first-order valence-electron chi connectivity index (χ1n) is 21.5. The molecule has 0 radical (unpaired) electrons. The summed E-state index contributed by atoms with van der Waals surface area (Å²) in [5, 5.41) is 4.91. The predicted molar refractivity (Wildman–Crippen MR) is 253 cm³/mol. The molecule has 3 aromatic heterocycles. The number of ether oxygens (including phenoxy) is 1. The van der Waals surface area contributed by atoms with Crippen LogP contribution in [-0.2, 0) is 0 Å². The van der Waals surface area contributed by atoms with Gasteiger partial charge in [0.15, 0.2) is 5.82 Å². The summed E-state index contributed by atoms with van der Waals surface area (Å²) >= 11 is 0. The molecule has 0 bridgehead atoms. The molecule has 3 heterocycles. The van der Waals surface area contributed by atoms with Gasteiger partial charge in [-0.05, 0) is 109 Å². The average Bonchev–Trinajstić information content (AvgIpc) is 3.82. The van der Waals surface area contributed by atoms with E-state index in [0.29, 0.717) is 24.4 Å². The molecule has 3 atom stereocenters. The van der Waals surface area contributed by atoms with Crippen LogP contribution in [0, 0.1) is 11.8 Å². The monoisotopic (exact) mass is 790 g/mol. The molecule has 5 heteroatoms. The van der Waals surface area contributed by atoms with Crippen LogP contribution in [0.25, 0.3) is 88.8 Å². The molecule has 0 fully saturated rings. The van der Waals surface area contributed by atoms with Gasteiger partial charge in [-0.25, -0.2) is 9.97 Å². The van der Waals surface area contributed by atoms with Crippen LogP contribution < -0.4 is 4.74 Å². The van der Waals surface area contributed by atoms with Gasteiger partial charge in [0.2, 0.25) is 0 Å². The van der Waals surface area contributed by atoms with Gasteiger partial charge in [-0.15, -0.1) is 0 Å². The molecule has 296 valence electrons. The van der Waals surface area contributed by atoms with Gasteiger partial charge in [0.05, 0.1) is 34.4 Å². The fourth-order valence-corrected chi connectivity index (χ4v) is 9.88. The summed E-state index contributed by atoms with van der Waals surface area (Å²) in [6, 6.07) is 61.2. The zero-order valence-corrected chi connectivity index (χ0v) is 34.7. The summed E-state index contributed by atoms with van der Waals surface area (Å²) in [5.74, 6) is 2.85. The molecule has 0 saturated heterocycles. The number of rotatable bonds is 8. The van der Waals surface area contributed by atoms with Gasteiger partial charge in [-0.2, -0.15) is 0 Å². The molecule has 0 saturated carbocycles. The Hall–Kier alpha value is -7.24.